The molecular formula is C15H23N3O2. The lowest BCUT2D eigenvalue weighted by Gasteiger charge is -2.43. The Hall–Kier alpha value is -1.20. The highest BCUT2D eigenvalue weighted by molar-refractivity contribution is 5.50. The lowest BCUT2D eigenvalue weighted by molar-refractivity contribution is -0.101. The summed E-state index contributed by atoms with van der Waals surface area (Å²) in [6, 6.07) is 0. The van der Waals surface area contributed by atoms with Gasteiger partial charge in [-0.15, -0.1) is 0 Å². The van der Waals surface area contributed by atoms with Crippen molar-refractivity contribution in [1.82, 2.24) is 9.97 Å². The number of anilines is 1. The van der Waals surface area contributed by atoms with Gasteiger partial charge in [-0.05, 0) is 39.5 Å². The minimum Gasteiger partial charge on any atom is -0.394 e. The van der Waals surface area contributed by atoms with Gasteiger partial charge < -0.3 is 14.7 Å². The van der Waals surface area contributed by atoms with Gasteiger partial charge in [0.1, 0.15) is 12.1 Å². The van der Waals surface area contributed by atoms with Gasteiger partial charge in [0, 0.05) is 24.3 Å². The van der Waals surface area contributed by atoms with E-state index in [1.807, 2.05) is 0 Å². The van der Waals surface area contributed by atoms with Crippen LogP contribution < -0.4 is 4.90 Å². The molecule has 5 nitrogen and oxygen atoms in total. The number of aromatic nitrogens is 2. The minimum absolute atomic E-state index is 0.0488. The van der Waals surface area contributed by atoms with E-state index < -0.39 is 0 Å². The van der Waals surface area contributed by atoms with Crippen LogP contribution in [0.4, 0.5) is 5.82 Å². The SMILES string of the molecule is CC1(C)CN(c2ncnc3c2CCCC3)CC(CO)O1. The zero-order valence-corrected chi connectivity index (χ0v) is 12.3. The molecule has 1 aliphatic heterocycles. The highest BCUT2D eigenvalue weighted by Gasteiger charge is 2.35. The molecule has 1 aromatic heterocycles. The Bertz CT molecular complexity index is 490. The van der Waals surface area contributed by atoms with Gasteiger partial charge in [-0.2, -0.15) is 0 Å². The first-order valence-corrected chi connectivity index (χ1v) is 7.45. The first-order valence-electron chi connectivity index (χ1n) is 7.45. The molecule has 1 atom stereocenters. The quantitative estimate of drug-likeness (QED) is 0.884. The maximum absolute atomic E-state index is 9.44. The van der Waals surface area contributed by atoms with Gasteiger partial charge in [0.25, 0.3) is 0 Å². The van der Waals surface area contributed by atoms with E-state index in [0.29, 0.717) is 6.54 Å². The van der Waals surface area contributed by atoms with Gasteiger partial charge >= 0.3 is 0 Å². The summed E-state index contributed by atoms with van der Waals surface area (Å²) in [5.74, 6) is 1.05. The number of aliphatic hydroxyl groups is 1. The number of rotatable bonds is 2. The fraction of sp³-hybridized carbons (Fsp3) is 0.733. The van der Waals surface area contributed by atoms with Gasteiger partial charge in [0.05, 0.1) is 18.3 Å². The fourth-order valence-corrected chi connectivity index (χ4v) is 3.33. The Morgan fingerprint density at radius 1 is 1.35 bits per heavy atom. The van der Waals surface area contributed by atoms with Crippen molar-refractivity contribution < 1.29 is 9.84 Å². The first kappa shape index (κ1) is 13.8. The summed E-state index contributed by atoms with van der Waals surface area (Å²) in [5.41, 5.74) is 2.23. The summed E-state index contributed by atoms with van der Waals surface area (Å²) in [7, 11) is 0. The van der Waals surface area contributed by atoms with Crippen molar-refractivity contribution in [3.8, 4) is 0 Å². The van der Waals surface area contributed by atoms with Crippen molar-refractivity contribution in [2.24, 2.45) is 0 Å². The first-order chi connectivity index (χ1) is 9.59. The summed E-state index contributed by atoms with van der Waals surface area (Å²) in [4.78, 5) is 11.2. The minimum atomic E-state index is -0.266. The van der Waals surface area contributed by atoms with Crippen LogP contribution in [0.15, 0.2) is 6.33 Å². The number of nitrogens with zero attached hydrogens (tertiary/aromatic N) is 3. The molecule has 0 bridgehead atoms. The Morgan fingerprint density at radius 2 is 2.15 bits per heavy atom. The largest absolute Gasteiger partial charge is 0.394 e. The molecule has 0 radical (unpaired) electrons. The molecule has 0 spiro atoms. The number of hydrogen-bond acceptors (Lipinski definition) is 5. The molecule has 1 aliphatic carbocycles. The predicted octanol–water partition coefficient (Wildman–Crippen LogP) is 1.33. The molecule has 5 heteroatoms. The number of aliphatic hydroxyl groups excluding tert-OH is 1. The maximum Gasteiger partial charge on any atom is 0.135 e. The maximum atomic E-state index is 9.44. The second-order valence-electron chi connectivity index (χ2n) is 6.39. The van der Waals surface area contributed by atoms with E-state index in [-0.39, 0.29) is 18.3 Å². The van der Waals surface area contributed by atoms with Gasteiger partial charge in [0.2, 0.25) is 0 Å². The van der Waals surface area contributed by atoms with Crippen molar-refractivity contribution in [1.29, 1.82) is 0 Å². The molecule has 1 unspecified atom stereocenters. The molecule has 1 aromatic rings. The van der Waals surface area contributed by atoms with Gasteiger partial charge in [-0.3, -0.25) is 0 Å². The second-order valence-corrected chi connectivity index (χ2v) is 6.39. The lowest BCUT2D eigenvalue weighted by atomic mass is 9.95. The highest BCUT2D eigenvalue weighted by atomic mass is 16.5. The highest BCUT2D eigenvalue weighted by Crippen LogP contribution is 2.31. The van der Waals surface area contributed by atoms with Crippen molar-refractivity contribution in [3.63, 3.8) is 0 Å². The molecule has 0 saturated carbocycles. The summed E-state index contributed by atoms with van der Waals surface area (Å²) < 4.78 is 5.88. The standard InChI is InChI=1S/C15H23N3O2/c1-15(2)9-18(7-11(8-19)20-15)14-12-5-3-4-6-13(12)16-10-17-14/h10-11,19H,3-9H2,1-2H3. The second kappa shape index (κ2) is 5.30. The average molecular weight is 277 g/mol. The topological polar surface area (TPSA) is 58.5 Å². The molecule has 3 rings (SSSR count). The van der Waals surface area contributed by atoms with Crippen LogP contribution in [0.2, 0.25) is 0 Å². The smallest absolute Gasteiger partial charge is 0.135 e. The van der Waals surface area contributed by atoms with Gasteiger partial charge in [0.15, 0.2) is 0 Å². The molecule has 1 saturated heterocycles. The monoisotopic (exact) mass is 277 g/mol. The van der Waals surface area contributed by atoms with Gasteiger partial charge in [-0.1, -0.05) is 0 Å². The zero-order chi connectivity index (χ0) is 14.2. The molecule has 110 valence electrons. The molecule has 1 fully saturated rings. The summed E-state index contributed by atoms with van der Waals surface area (Å²) >= 11 is 0. The van der Waals surface area contributed by atoms with Crippen LogP contribution in [-0.4, -0.2) is 46.5 Å². The number of hydrogen-bond donors (Lipinski definition) is 1. The number of aryl methyl sites for hydroxylation is 1. The van der Waals surface area contributed by atoms with Crippen LogP contribution in [0, 0.1) is 0 Å². The predicted molar refractivity (Wildman–Crippen MR) is 76.9 cm³/mol. The Balaban J connectivity index is 1.92. The fourth-order valence-electron chi connectivity index (χ4n) is 3.33. The van der Waals surface area contributed by atoms with E-state index >= 15 is 0 Å². The lowest BCUT2D eigenvalue weighted by Crippen LogP contribution is -2.54. The molecule has 2 aliphatic rings. The normalized spacial score (nSPS) is 25.4. The van der Waals surface area contributed by atoms with Crippen molar-refractivity contribution in [2.45, 2.75) is 51.2 Å². The third kappa shape index (κ3) is 2.65. The van der Waals surface area contributed by atoms with Crippen molar-refractivity contribution in [3.05, 3.63) is 17.6 Å². The van der Waals surface area contributed by atoms with Gasteiger partial charge in [-0.25, -0.2) is 9.97 Å². The summed E-state index contributed by atoms with van der Waals surface area (Å²) in [6.45, 7) is 5.68. The van der Waals surface area contributed by atoms with Crippen LogP contribution in [-0.2, 0) is 17.6 Å². The van der Waals surface area contributed by atoms with E-state index in [2.05, 4.69) is 28.7 Å². The van der Waals surface area contributed by atoms with E-state index in [9.17, 15) is 5.11 Å². The van der Waals surface area contributed by atoms with Crippen LogP contribution >= 0.6 is 0 Å². The molecule has 20 heavy (non-hydrogen) atoms. The van der Waals surface area contributed by atoms with E-state index in [1.165, 1.54) is 24.1 Å². The molecule has 2 heterocycles. The summed E-state index contributed by atoms with van der Waals surface area (Å²) in [5, 5.41) is 9.44. The summed E-state index contributed by atoms with van der Waals surface area (Å²) in [6.07, 6.45) is 6.08. The van der Waals surface area contributed by atoms with Crippen LogP contribution in [0.3, 0.4) is 0 Å². The Morgan fingerprint density at radius 3 is 2.95 bits per heavy atom. The van der Waals surface area contributed by atoms with Crippen LogP contribution in [0.5, 0.6) is 0 Å². The average Bonchev–Trinajstić information content (AvgIpc) is 2.45. The van der Waals surface area contributed by atoms with E-state index in [0.717, 1.165) is 25.2 Å². The van der Waals surface area contributed by atoms with E-state index in [4.69, 9.17) is 4.74 Å². The van der Waals surface area contributed by atoms with Crippen LogP contribution in [0.25, 0.3) is 0 Å². The zero-order valence-electron chi connectivity index (χ0n) is 12.3. The van der Waals surface area contributed by atoms with Crippen molar-refractivity contribution >= 4 is 5.82 Å². The van der Waals surface area contributed by atoms with E-state index in [1.54, 1.807) is 6.33 Å². The van der Waals surface area contributed by atoms with Crippen LogP contribution in [0.1, 0.15) is 37.9 Å². The number of morpholine rings is 1. The molecular weight excluding hydrogens is 254 g/mol. The molecule has 0 amide bonds. The number of ether oxygens (including phenoxy) is 1. The number of fused-ring (bicyclic) bond motifs is 1. The van der Waals surface area contributed by atoms with Crippen molar-refractivity contribution in [2.75, 3.05) is 24.6 Å². The molecule has 0 aromatic carbocycles. The Kier molecular flexibility index (Phi) is 3.65. The third-order valence-electron chi connectivity index (χ3n) is 4.09. The third-order valence-corrected chi connectivity index (χ3v) is 4.09. The Labute approximate surface area is 120 Å². The molecule has 1 N–H and O–H groups in total.